The summed E-state index contributed by atoms with van der Waals surface area (Å²) in [6, 6.07) is 3.17. The highest BCUT2D eigenvalue weighted by Crippen LogP contribution is 2.16. The second kappa shape index (κ2) is 6.62. The number of hydrogen-bond donors (Lipinski definition) is 2. The van der Waals surface area contributed by atoms with Crippen LogP contribution < -0.4 is 11.1 Å². The minimum atomic E-state index is -0.575. The van der Waals surface area contributed by atoms with Gasteiger partial charge in [-0.2, -0.15) is 0 Å². The highest BCUT2D eigenvalue weighted by molar-refractivity contribution is 7.10. The lowest BCUT2D eigenvalue weighted by Gasteiger charge is -2.15. The van der Waals surface area contributed by atoms with Gasteiger partial charge in [-0.15, -0.1) is 11.3 Å². The van der Waals surface area contributed by atoms with Crippen LogP contribution in [0.1, 0.15) is 24.8 Å². The maximum atomic E-state index is 11.7. The topological polar surface area (TPSA) is 64.3 Å². The van der Waals surface area contributed by atoms with Crippen molar-refractivity contribution in [2.75, 3.05) is 13.2 Å². The summed E-state index contributed by atoms with van der Waals surface area (Å²) in [7, 11) is 0. The van der Waals surface area contributed by atoms with E-state index in [1.54, 1.807) is 0 Å². The molecule has 3 N–H and O–H groups in total. The molecule has 1 amide bonds. The van der Waals surface area contributed by atoms with E-state index in [1.165, 1.54) is 11.3 Å². The molecule has 90 valence electrons. The van der Waals surface area contributed by atoms with E-state index in [-0.39, 0.29) is 12.0 Å². The van der Waals surface area contributed by atoms with Crippen molar-refractivity contribution in [3.8, 4) is 0 Å². The van der Waals surface area contributed by atoms with Gasteiger partial charge in [0.05, 0.1) is 6.10 Å². The predicted octanol–water partition coefficient (Wildman–Crippen LogP) is 1.29. The zero-order chi connectivity index (χ0) is 12.0. The summed E-state index contributed by atoms with van der Waals surface area (Å²) in [5.74, 6) is -0.158. The standard InChI is InChI=1S/C11H18N2O2S/c1-3-15-8(2)7-13-11(14)10(12)9-5-4-6-16-9/h4-6,8,10H,3,7,12H2,1-2H3,(H,13,14). The van der Waals surface area contributed by atoms with Gasteiger partial charge < -0.3 is 15.8 Å². The summed E-state index contributed by atoms with van der Waals surface area (Å²) in [6.45, 7) is 4.98. The molecular weight excluding hydrogens is 224 g/mol. The lowest BCUT2D eigenvalue weighted by Crippen LogP contribution is -2.38. The van der Waals surface area contributed by atoms with Crippen molar-refractivity contribution in [3.63, 3.8) is 0 Å². The molecule has 2 atom stereocenters. The van der Waals surface area contributed by atoms with Crippen LogP contribution in [0.3, 0.4) is 0 Å². The summed E-state index contributed by atoms with van der Waals surface area (Å²) in [5, 5.41) is 4.68. The lowest BCUT2D eigenvalue weighted by molar-refractivity contribution is -0.123. The molecular formula is C11H18N2O2S. The fourth-order valence-electron chi connectivity index (χ4n) is 1.30. The number of nitrogens with two attached hydrogens (primary N) is 1. The van der Waals surface area contributed by atoms with E-state index < -0.39 is 6.04 Å². The van der Waals surface area contributed by atoms with Crippen LogP contribution in [0.2, 0.25) is 0 Å². The molecule has 1 aromatic rings. The third-order valence-corrected chi connectivity index (χ3v) is 3.10. The Kier molecular flexibility index (Phi) is 5.45. The first-order valence-corrected chi connectivity index (χ1v) is 6.21. The summed E-state index contributed by atoms with van der Waals surface area (Å²) in [4.78, 5) is 12.5. The molecule has 0 aromatic carbocycles. The Balaban J connectivity index is 2.35. The monoisotopic (exact) mass is 242 g/mol. The van der Waals surface area contributed by atoms with Gasteiger partial charge in [0, 0.05) is 18.0 Å². The van der Waals surface area contributed by atoms with Gasteiger partial charge in [-0.25, -0.2) is 0 Å². The number of rotatable bonds is 6. The summed E-state index contributed by atoms with van der Waals surface area (Å²) in [6.07, 6.45) is 0.0180. The molecule has 0 aliphatic heterocycles. The Morgan fingerprint density at radius 1 is 1.69 bits per heavy atom. The smallest absolute Gasteiger partial charge is 0.242 e. The molecule has 0 bridgehead atoms. The van der Waals surface area contributed by atoms with Gasteiger partial charge >= 0.3 is 0 Å². The highest BCUT2D eigenvalue weighted by Gasteiger charge is 2.16. The van der Waals surface area contributed by atoms with Crippen LogP contribution in [0.4, 0.5) is 0 Å². The second-order valence-corrected chi connectivity index (χ2v) is 4.48. The number of hydrogen-bond acceptors (Lipinski definition) is 4. The zero-order valence-corrected chi connectivity index (χ0v) is 10.4. The third kappa shape index (κ3) is 3.92. The van der Waals surface area contributed by atoms with Gasteiger partial charge in [-0.1, -0.05) is 6.07 Å². The maximum absolute atomic E-state index is 11.7. The Hall–Kier alpha value is -0.910. The summed E-state index contributed by atoms with van der Waals surface area (Å²) in [5.41, 5.74) is 5.80. The molecule has 0 fully saturated rings. The Morgan fingerprint density at radius 3 is 3.00 bits per heavy atom. The fourth-order valence-corrected chi connectivity index (χ4v) is 2.02. The molecule has 5 heteroatoms. The first-order chi connectivity index (χ1) is 7.65. The molecule has 0 spiro atoms. The van der Waals surface area contributed by atoms with Crippen LogP contribution in [-0.4, -0.2) is 25.2 Å². The highest BCUT2D eigenvalue weighted by atomic mass is 32.1. The van der Waals surface area contributed by atoms with Crippen molar-refractivity contribution in [2.45, 2.75) is 26.0 Å². The number of nitrogens with one attached hydrogen (secondary N) is 1. The molecule has 1 heterocycles. The first-order valence-electron chi connectivity index (χ1n) is 5.33. The number of carbonyl (C=O) groups is 1. The lowest BCUT2D eigenvalue weighted by atomic mass is 10.2. The van der Waals surface area contributed by atoms with Crippen LogP contribution in [0.5, 0.6) is 0 Å². The molecule has 1 rings (SSSR count). The molecule has 2 unspecified atom stereocenters. The Morgan fingerprint density at radius 2 is 2.44 bits per heavy atom. The van der Waals surface area contributed by atoms with Crippen LogP contribution in [0.15, 0.2) is 17.5 Å². The Labute approximate surface area is 99.8 Å². The van der Waals surface area contributed by atoms with Gasteiger partial charge in [-0.05, 0) is 25.3 Å². The molecule has 4 nitrogen and oxygen atoms in total. The van der Waals surface area contributed by atoms with Crippen molar-refractivity contribution < 1.29 is 9.53 Å². The van der Waals surface area contributed by atoms with Crippen LogP contribution >= 0.6 is 11.3 Å². The molecule has 1 aromatic heterocycles. The Bertz CT molecular complexity index is 314. The van der Waals surface area contributed by atoms with Crippen LogP contribution in [0, 0.1) is 0 Å². The summed E-state index contributed by atoms with van der Waals surface area (Å²) >= 11 is 1.49. The SMILES string of the molecule is CCOC(C)CNC(=O)C(N)c1cccs1. The second-order valence-electron chi connectivity index (χ2n) is 3.50. The van der Waals surface area contributed by atoms with Gasteiger partial charge in [0.25, 0.3) is 0 Å². The average Bonchev–Trinajstić information content (AvgIpc) is 2.78. The summed E-state index contributed by atoms with van der Waals surface area (Å²) < 4.78 is 5.31. The number of amides is 1. The van der Waals surface area contributed by atoms with E-state index in [1.807, 2.05) is 31.4 Å². The molecule has 0 aliphatic carbocycles. The van der Waals surface area contributed by atoms with Crippen molar-refractivity contribution >= 4 is 17.2 Å². The minimum Gasteiger partial charge on any atom is -0.377 e. The van der Waals surface area contributed by atoms with Crippen molar-refractivity contribution in [3.05, 3.63) is 22.4 Å². The van der Waals surface area contributed by atoms with Crippen molar-refractivity contribution in [1.82, 2.24) is 5.32 Å². The third-order valence-electron chi connectivity index (χ3n) is 2.15. The first kappa shape index (κ1) is 13.2. The normalized spacial score (nSPS) is 14.4. The molecule has 0 aliphatic rings. The predicted molar refractivity (Wildman–Crippen MR) is 65.3 cm³/mol. The number of ether oxygens (including phenoxy) is 1. The number of thiophene rings is 1. The molecule has 0 saturated carbocycles. The van der Waals surface area contributed by atoms with Crippen molar-refractivity contribution in [2.24, 2.45) is 5.73 Å². The van der Waals surface area contributed by atoms with Gasteiger partial charge in [0.2, 0.25) is 5.91 Å². The van der Waals surface area contributed by atoms with Gasteiger partial charge in [0.1, 0.15) is 6.04 Å². The van der Waals surface area contributed by atoms with E-state index >= 15 is 0 Å². The van der Waals surface area contributed by atoms with E-state index in [2.05, 4.69) is 5.32 Å². The largest absolute Gasteiger partial charge is 0.377 e. The van der Waals surface area contributed by atoms with E-state index in [0.717, 1.165) is 4.88 Å². The average molecular weight is 242 g/mol. The van der Waals surface area contributed by atoms with E-state index in [0.29, 0.717) is 13.2 Å². The van der Waals surface area contributed by atoms with Crippen molar-refractivity contribution in [1.29, 1.82) is 0 Å². The quantitative estimate of drug-likeness (QED) is 0.790. The molecule has 16 heavy (non-hydrogen) atoms. The fraction of sp³-hybridized carbons (Fsp3) is 0.545. The van der Waals surface area contributed by atoms with Gasteiger partial charge in [0.15, 0.2) is 0 Å². The van der Waals surface area contributed by atoms with Gasteiger partial charge in [-0.3, -0.25) is 4.79 Å². The maximum Gasteiger partial charge on any atom is 0.242 e. The zero-order valence-electron chi connectivity index (χ0n) is 9.60. The van der Waals surface area contributed by atoms with E-state index in [4.69, 9.17) is 10.5 Å². The number of carbonyl (C=O) groups excluding carboxylic acids is 1. The molecule has 0 radical (unpaired) electrons. The molecule has 0 saturated heterocycles. The van der Waals surface area contributed by atoms with Crippen LogP contribution in [-0.2, 0) is 9.53 Å². The van der Waals surface area contributed by atoms with Crippen LogP contribution in [0.25, 0.3) is 0 Å². The van der Waals surface area contributed by atoms with E-state index in [9.17, 15) is 4.79 Å². The minimum absolute atomic E-state index is 0.0180.